The van der Waals surface area contributed by atoms with Gasteiger partial charge in [0.15, 0.2) is 0 Å². The van der Waals surface area contributed by atoms with E-state index in [1.54, 1.807) is 0 Å². The molecule has 0 saturated heterocycles. The minimum absolute atomic E-state index is 0.489. The van der Waals surface area contributed by atoms with Crippen LogP contribution in [0.15, 0.2) is 28.7 Å². The predicted molar refractivity (Wildman–Crippen MR) is 75.0 cm³/mol. The smallest absolute Gasteiger partial charge is 0.137 e. The van der Waals surface area contributed by atoms with Gasteiger partial charge in [-0.1, -0.05) is 25.1 Å². The topological polar surface area (TPSA) is 25.2 Å². The molecular formula is C16H21NO. The van der Waals surface area contributed by atoms with Crippen molar-refractivity contribution in [1.82, 2.24) is 5.32 Å². The van der Waals surface area contributed by atoms with Crippen LogP contribution in [0.1, 0.15) is 43.4 Å². The third kappa shape index (κ3) is 2.44. The highest BCUT2D eigenvalue weighted by molar-refractivity contribution is 5.80. The van der Waals surface area contributed by atoms with Crippen LogP contribution in [0.2, 0.25) is 0 Å². The molecule has 2 nitrogen and oxygen atoms in total. The van der Waals surface area contributed by atoms with Crippen LogP contribution >= 0.6 is 0 Å². The zero-order valence-corrected chi connectivity index (χ0v) is 11.2. The number of fused-ring (bicyclic) bond motifs is 1. The fraction of sp³-hybridized carbons (Fsp3) is 0.500. The monoisotopic (exact) mass is 243 g/mol. The van der Waals surface area contributed by atoms with Gasteiger partial charge in [0.2, 0.25) is 0 Å². The number of rotatable bonds is 5. The Morgan fingerprint density at radius 1 is 1.39 bits per heavy atom. The minimum Gasteiger partial charge on any atom is -0.461 e. The number of para-hydroxylation sites is 1. The van der Waals surface area contributed by atoms with Crippen molar-refractivity contribution in [1.29, 1.82) is 0 Å². The van der Waals surface area contributed by atoms with Gasteiger partial charge < -0.3 is 9.73 Å². The highest BCUT2D eigenvalue weighted by Gasteiger charge is 2.20. The van der Waals surface area contributed by atoms with Gasteiger partial charge in [0.25, 0.3) is 0 Å². The molecule has 1 heterocycles. The van der Waals surface area contributed by atoms with E-state index in [0.717, 1.165) is 30.4 Å². The van der Waals surface area contributed by atoms with Gasteiger partial charge in [-0.25, -0.2) is 0 Å². The van der Waals surface area contributed by atoms with Crippen molar-refractivity contribution in [2.24, 2.45) is 0 Å². The molecule has 0 spiro atoms. The van der Waals surface area contributed by atoms with Crippen LogP contribution < -0.4 is 5.32 Å². The molecule has 2 aromatic rings. The summed E-state index contributed by atoms with van der Waals surface area (Å²) in [6, 6.07) is 9.33. The van der Waals surface area contributed by atoms with E-state index in [0.29, 0.717) is 5.92 Å². The average molecular weight is 243 g/mol. The summed E-state index contributed by atoms with van der Waals surface area (Å²) >= 11 is 0. The Balaban J connectivity index is 1.70. The first-order chi connectivity index (χ1) is 8.74. The summed E-state index contributed by atoms with van der Waals surface area (Å²) in [7, 11) is 0. The summed E-state index contributed by atoms with van der Waals surface area (Å²) < 4.78 is 6.01. The Kier molecular flexibility index (Phi) is 3.13. The standard InChI is InChI=1S/C16H21NO/c1-11(8-9-17-14-6-7-14)15-10-13-5-3-4-12(2)16(13)18-15/h3-5,10-11,14,17H,6-9H2,1-2H3. The Hall–Kier alpha value is -1.28. The van der Waals surface area contributed by atoms with Crippen molar-refractivity contribution < 1.29 is 4.42 Å². The van der Waals surface area contributed by atoms with E-state index in [4.69, 9.17) is 4.42 Å². The highest BCUT2D eigenvalue weighted by atomic mass is 16.3. The maximum absolute atomic E-state index is 6.01. The lowest BCUT2D eigenvalue weighted by atomic mass is 10.0. The summed E-state index contributed by atoms with van der Waals surface area (Å²) in [5, 5.41) is 4.79. The maximum atomic E-state index is 6.01. The maximum Gasteiger partial charge on any atom is 0.137 e. The molecule has 18 heavy (non-hydrogen) atoms. The highest BCUT2D eigenvalue weighted by Crippen LogP contribution is 2.29. The van der Waals surface area contributed by atoms with Gasteiger partial charge in [0.1, 0.15) is 11.3 Å². The van der Waals surface area contributed by atoms with Crippen LogP contribution in [0.25, 0.3) is 11.0 Å². The molecular weight excluding hydrogens is 222 g/mol. The fourth-order valence-electron chi connectivity index (χ4n) is 2.41. The fourth-order valence-corrected chi connectivity index (χ4v) is 2.41. The molecule has 1 aromatic carbocycles. The van der Waals surface area contributed by atoms with Crippen LogP contribution in [0.5, 0.6) is 0 Å². The van der Waals surface area contributed by atoms with Crippen LogP contribution in [-0.4, -0.2) is 12.6 Å². The largest absolute Gasteiger partial charge is 0.461 e. The van der Waals surface area contributed by atoms with Gasteiger partial charge in [-0.3, -0.25) is 0 Å². The third-order valence-electron chi connectivity index (χ3n) is 3.83. The summed E-state index contributed by atoms with van der Waals surface area (Å²) in [5.74, 6) is 1.61. The first kappa shape index (κ1) is 11.8. The van der Waals surface area contributed by atoms with Gasteiger partial charge in [0.05, 0.1) is 0 Å². The van der Waals surface area contributed by atoms with E-state index >= 15 is 0 Å². The van der Waals surface area contributed by atoms with Crippen LogP contribution in [0, 0.1) is 6.92 Å². The van der Waals surface area contributed by atoms with E-state index in [2.05, 4.69) is 43.4 Å². The molecule has 0 amide bonds. The lowest BCUT2D eigenvalue weighted by Crippen LogP contribution is -2.18. The molecule has 1 unspecified atom stereocenters. The number of aryl methyl sites for hydroxylation is 1. The molecule has 1 fully saturated rings. The second kappa shape index (κ2) is 4.77. The SMILES string of the molecule is Cc1cccc2cc(C(C)CCNC3CC3)oc12. The number of hydrogen-bond donors (Lipinski definition) is 1. The van der Waals surface area contributed by atoms with Gasteiger partial charge >= 0.3 is 0 Å². The molecule has 0 aliphatic heterocycles. The summed E-state index contributed by atoms with van der Waals surface area (Å²) in [5.41, 5.74) is 2.27. The second-order valence-electron chi connectivity index (χ2n) is 5.56. The Morgan fingerprint density at radius 3 is 2.94 bits per heavy atom. The van der Waals surface area contributed by atoms with E-state index < -0.39 is 0 Å². The molecule has 1 aliphatic carbocycles. The second-order valence-corrected chi connectivity index (χ2v) is 5.56. The first-order valence-corrected chi connectivity index (χ1v) is 6.96. The van der Waals surface area contributed by atoms with Crippen molar-refractivity contribution >= 4 is 11.0 Å². The number of hydrogen-bond acceptors (Lipinski definition) is 2. The van der Waals surface area contributed by atoms with Crippen LogP contribution in [0.3, 0.4) is 0 Å². The normalized spacial score (nSPS) is 17.2. The Bertz CT molecular complexity index is 539. The average Bonchev–Trinajstić information content (AvgIpc) is 3.06. The minimum atomic E-state index is 0.489. The van der Waals surface area contributed by atoms with Crippen molar-refractivity contribution in [3.8, 4) is 0 Å². The first-order valence-electron chi connectivity index (χ1n) is 6.96. The predicted octanol–water partition coefficient (Wildman–Crippen LogP) is 3.99. The quantitative estimate of drug-likeness (QED) is 0.859. The Labute approximate surface area is 108 Å². The molecule has 1 atom stereocenters. The molecule has 1 N–H and O–H groups in total. The summed E-state index contributed by atoms with van der Waals surface area (Å²) in [6.45, 7) is 5.46. The van der Waals surface area contributed by atoms with E-state index in [1.165, 1.54) is 23.8 Å². The van der Waals surface area contributed by atoms with Gasteiger partial charge in [-0.05, 0) is 44.4 Å². The lowest BCUT2D eigenvalue weighted by molar-refractivity contribution is 0.477. The van der Waals surface area contributed by atoms with E-state index in [9.17, 15) is 0 Å². The molecule has 3 rings (SSSR count). The third-order valence-corrected chi connectivity index (χ3v) is 3.83. The number of nitrogens with one attached hydrogen (secondary N) is 1. The zero-order valence-electron chi connectivity index (χ0n) is 11.2. The van der Waals surface area contributed by atoms with Gasteiger partial charge in [0, 0.05) is 17.3 Å². The zero-order chi connectivity index (χ0) is 12.5. The van der Waals surface area contributed by atoms with Crippen LogP contribution in [0.4, 0.5) is 0 Å². The molecule has 96 valence electrons. The number of benzene rings is 1. The van der Waals surface area contributed by atoms with Crippen molar-refractivity contribution in [2.75, 3.05) is 6.54 Å². The van der Waals surface area contributed by atoms with Gasteiger partial charge in [-0.15, -0.1) is 0 Å². The van der Waals surface area contributed by atoms with Crippen molar-refractivity contribution in [2.45, 2.75) is 45.1 Å². The molecule has 1 aromatic heterocycles. The van der Waals surface area contributed by atoms with Gasteiger partial charge in [-0.2, -0.15) is 0 Å². The molecule has 1 saturated carbocycles. The summed E-state index contributed by atoms with van der Waals surface area (Å²) in [6.07, 6.45) is 3.87. The molecule has 0 radical (unpaired) electrons. The molecule has 0 bridgehead atoms. The van der Waals surface area contributed by atoms with E-state index in [-0.39, 0.29) is 0 Å². The lowest BCUT2D eigenvalue weighted by Gasteiger charge is -2.08. The van der Waals surface area contributed by atoms with Crippen molar-refractivity contribution in [3.05, 3.63) is 35.6 Å². The summed E-state index contributed by atoms with van der Waals surface area (Å²) in [4.78, 5) is 0. The molecule has 2 heteroatoms. The number of furan rings is 1. The Morgan fingerprint density at radius 2 is 2.22 bits per heavy atom. The van der Waals surface area contributed by atoms with Crippen LogP contribution in [-0.2, 0) is 0 Å². The molecule has 1 aliphatic rings. The van der Waals surface area contributed by atoms with Crippen molar-refractivity contribution in [3.63, 3.8) is 0 Å². The van der Waals surface area contributed by atoms with E-state index in [1.807, 2.05) is 0 Å².